The van der Waals surface area contributed by atoms with Crippen LogP contribution >= 0.6 is 11.3 Å². The first kappa shape index (κ1) is 7.63. The smallest absolute Gasteiger partial charge is 0.0178 e. The highest BCUT2D eigenvalue weighted by molar-refractivity contribution is 7.08. The topological polar surface area (TPSA) is 3.24 Å². The lowest BCUT2D eigenvalue weighted by Gasteiger charge is -2.39. The number of fused-ring (bicyclic) bond motifs is 2. The Kier molecular flexibility index (Phi) is 1.69. The highest BCUT2D eigenvalue weighted by Gasteiger charge is 2.27. The van der Waals surface area contributed by atoms with Gasteiger partial charge in [0.15, 0.2) is 0 Å². The van der Waals surface area contributed by atoms with Gasteiger partial charge in [-0.25, -0.2) is 0 Å². The van der Waals surface area contributed by atoms with Gasteiger partial charge in [-0.05, 0) is 46.7 Å². The van der Waals surface area contributed by atoms with E-state index in [-0.39, 0.29) is 0 Å². The predicted molar refractivity (Wildman–Crippen MR) is 56.6 cm³/mol. The van der Waals surface area contributed by atoms with E-state index >= 15 is 0 Å². The van der Waals surface area contributed by atoms with Crippen LogP contribution in [-0.2, 0) is 0 Å². The number of thiophene rings is 1. The first-order valence-corrected chi connectivity index (χ1v) is 5.86. The molecule has 0 atom stereocenters. The van der Waals surface area contributed by atoms with E-state index in [0.717, 1.165) is 5.92 Å². The van der Waals surface area contributed by atoms with Crippen molar-refractivity contribution in [1.29, 1.82) is 0 Å². The Morgan fingerprint density at radius 2 is 2.15 bits per heavy atom. The standard InChI is InChI=1S/C11H13NS/c1-4-12-5-2-9(1)11(7-12)10-3-6-13-8-10/h3,6-9H,1-2,4-5H2. The summed E-state index contributed by atoms with van der Waals surface area (Å²) in [6.07, 6.45) is 5.10. The molecule has 3 aliphatic heterocycles. The summed E-state index contributed by atoms with van der Waals surface area (Å²) in [6.45, 7) is 2.55. The third kappa shape index (κ3) is 1.20. The summed E-state index contributed by atoms with van der Waals surface area (Å²) in [5, 5.41) is 4.45. The van der Waals surface area contributed by atoms with E-state index in [2.05, 4.69) is 27.9 Å². The lowest BCUT2D eigenvalue weighted by molar-refractivity contribution is 0.252. The fourth-order valence-corrected chi connectivity index (χ4v) is 3.05. The molecule has 1 fully saturated rings. The summed E-state index contributed by atoms with van der Waals surface area (Å²) in [5.74, 6) is 0.847. The molecule has 0 aromatic carbocycles. The maximum absolute atomic E-state index is 2.47. The van der Waals surface area contributed by atoms with Gasteiger partial charge in [-0.15, -0.1) is 0 Å². The van der Waals surface area contributed by atoms with Crippen molar-refractivity contribution in [2.75, 3.05) is 13.1 Å². The molecule has 0 aliphatic carbocycles. The summed E-state index contributed by atoms with van der Waals surface area (Å²) in [6, 6.07) is 2.25. The minimum atomic E-state index is 0.847. The molecule has 4 rings (SSSR count). The van der Waals surface area contributed by atoms with E-state index in [1.807, 2.05) is 0 Å². The molecule has 0 amide bonds. The van der Waals surface area contributed by atoms with Gasteiger partial charge in [0.05, 0.1) is 0 Å². The van der Waals surface area contributed by atoms with Crippen molar-refractivity contribution in [1.82, 2.24) is 4.90 Å². The van der Waals surface area contributed by atoms with Gasteiger partial charge in [0.25, 0.3) is 0 Å². The highest BCUT2D eigenvalue weighted by Crippen LogP contribution is 2.37. The van der Waals surface area contributed by atoms with Crippen molar-refractivity contribution in [2.45, 2.75) is 12.8 Å². The number of nitrogens with zero attached hydrogens (tertiary/aromatic N) is 1. The van der Waals surface area contributed by atoms with Gasteiger partial charge in [0.1, 0.15) is 0 Å². The van der Waals surface area contributed by atoms with Crippen LogP contribution in [0.15, 0.2) is 23.0 Å². The minimum Gasteiger partial charge on any atom is -0.377 e. The molecule has 13 heavy (non-hydrogen) atoms. The predicted octanol–water partition coefficient (Wildman–Crippen LogP) is 2.81. The average Bonchev–Trinajstić information content (AvgIpc) is 2.72. The molecule has 1 saturated heterocycles. The van der Waals surface area contributed by atoms with Gasteiger partial charge >= 0.3 is 0 Å². The number of hydrogen-bond donors (Lipinski definition) is 0. The molecule has 0 radical (unpaired) electrons. The fourth-order valence-electron chi connectivity index (χ4n) is 2.38. The van der Waals surface area contributed by atoms with Crippen LogP contribution in [0.25, 0.3) is 5.57 Å². The molecule has 1 aromatic heterocycles. The van der Waals surface area contributed by atoms with Crippen molar-refractivity contribution >= 4 is 16.9 Å². The van der Waals surface area contributed by atoms with Gasteiger partial charge in [0.2, 0.25) is 0 Å². The summed E-state index contributed by atoms with van der Waals surface area (Å²) < 4.78 is 0. The SMILES string of the molecule is C1=C(c2ccsc2)C2CCN1CC2. The van der Waals surface area contributed by atoms with E-state index in [4.69, 9.17) is 0 Å². The molecule has 2 bridgehead atoms. The van der Waals surface area contributed by atoms with E-state index in [0.29, 0.717) is 0 Å². The van der Waals surface area contributed by atoms with Gasteiger partial charge in [-0.2, -0.15) is 11.3 Å². The Morgan fingerprint density at radius 3 is 2.69 bits per heavy atom. The molecule has 1 nitrogen and oxygen atoms in total. The van der Waals surface area contributed by atoms with Crippen LogP contribution in [0.1, 0.15) is 18.4 Å². The molecule has 3 aliphatic rings. The summed E-state index contributed by atoms with van der Waals surface area (Å²) in [4.78, 5) is 2.47. The second-order valence-corrected chi connectivity index (χ2v) is 4.69. The second kappa shape index (κ2) is 2.88. The van der Waals surface area contributed by atoms with E-state index in [1.165, 1.54) is 31.5 Å². The Balaban J connectivity index is 2.00. The van der Waals surface area contributed by atoms with E-state index in [9.17, 15) is 0 Å². The Morgan fingerprint density at radius 1 is 1.31 bits per heavy atom. The normalized spacial score (nSPS) is 22.2. The Bertz CT molecular complexity index is 318. The molecule has 0 unspecified atom stereocenters. The summed E-state index contributed by atoms with van der Waals surface area (Å²) >= 11 is 1.80. The van der Waals surface area contributed by atoms with Crippen LogP contribution in [0.5, 0.6) is 0 Å². The maximum Gasteiger partial charge on any atom is 0.0178 e. The third-order valence-corrected chi connectivity index (χ3v) is 3.83. The second-order valence-electron chi connectivity index (χ2n) is 3.91. The van der Waals surface area contributed by atoms with Crippen LogP contribution in [0, 0.1) is 5.92 Å². The quantitative estimate of drug-likeness (QED) is 0.659. The van der Waals surface area contributed by atoms with Crippen molar-refractivity contribution in [3.63, 3.8) is 0 Å². The van der Waals surface area contributed by atoms with Gasteiger partial charge in [-0.1, -0.05) is 0 Å². The van der Waals surface area contributed by atoms with Crippen LogP contribution < -0.4 is 0 Å². The molecular formula is C11H13NS. The van der Waals surface area contributed by atoms with Crippen LogP contribution in [0.2, 0.25) is 0 Å². The molecule has 0 spiro atoms. The highest BCUT2D eigenvalue weighted by atomic mass is 32.1. The zero-order valence-corrected chi connectivity index (χ0v) is 8.39. The van der Waals surface area contributed by atoms with Crippen LogP contribution in [-0.4, -0.2) is 18.0 Å². The number of piperidine rings is 1. The minimum absolute atomic E-state index is 0.847. The number of rotatable bonds is 1. The van der Waals surface area contributed by atoms with Crippen molar-refractivity contribution in [3.05, 3.63) is 28.6 Å². The Hall–Kier alpha value is -0.760. The Labute approximate surface area is 82.7 Å². The molecule has 1 aromatic rings. The zero-order valence-electron chi connectivity index (χ0n) is 7.57. The molecule has 2 heteroatoms. The summed E-state index contributed by atoms with van der Waals surface area (Å²) in [5.41, 5.74) is 3.04. The van der Waals surface area contributed by atoms with E-state index < -0.39 is 0 Å². The van der Waals surface area contributed by atoms with Gasteiger partial charge < -0.3 is 4.90 Å². The molecule has 0 N–H and O–H groups in total. The van der Waals surface area contributed by atoms with E-state index in [1.54, 1.807) is 16.9 Å². The van der Waals surface area contributed by atoms with Crippen LogP contribution in [0.3, 0.4) is 0 Å². The lowest BCUT2D eigenvalue weighted by atomic mass is 9.83. The monoisotopic (exact) mass is 191 g/mol. The van der Waals surface area contributed by atoms with Gasteiger partial charge in [-0.3, -0.25) is 0 Å². The summed E-state index contributed by atoms with van der Waals surface area (Å²) in [7, 11) is 0. The van der Waals surface area contributed by atoms with Gasteiger partial charge in [0, 0.05) is 19.3 Å². The van der Waals surface area contributed by atoms with Crippen molar-refractivity contribution < 1.29 is 0 Å². The largest absolute Gasteiger partial charge is 0.377 e. The molecule has 4 heterocycles. The molecule has 68 valence electrons. The fraction of sp³-hybridized carbons (Fsp3) is 0.455. The van der Waals surface area contributed by atoms with Crippen molar-refractivity contribution in [2.24, 2.45) is 5.92 Å². The maximum atomic E-state index is 2.47. The van der Waals surface area contributed by atoms with Crippen molar-refractivity contribution in [3.8, 4) is 0 Å². The number of allylic oxidation sites excluding steroid dienone is 1. The zero-order chi connectivity index (χ0) is 8.67. The molecule has 0 saturated carbocycles. The van der Waals surface area contributed by atoms with Crippen LogP contribution in [0.4, 0.5) is 0 Å². The third-order valence-electron chi connectivity index (χ3n) is 3.15. The lowest BCUT2D eigenvalue weighted by Crippen LogP contribution is -2.35. The number of hydrogen-bond acceptors (Lipinski definition) is 2. The average molecular weight is 191 g/mol. The first-order valence-electron chi connectivity index (χ1n) is 4.92. The first-order chi connectivity index (χ1) is 6.43. The molecular weight excluding hydrogens is 178 g/mol.